The van der Waals surface area contributed by atoms with E-state index in [1.54, 1.807) is 12.1 Å². The van der Waals surface area contributed by atoms with Crippen LogP contribution in [0.2, 0.25) is 0 Å². The molecule has 0 fully saturated rings. The number of carbonyl (C=O) groups is 1. The van der Waals surface area contributed by atoms with Gasteiger partial charge in [-0.15, -0.1) is 0 Å². The van der Waals surface area contributed by atoms with Crippen LogP contribution >= 0.6 is 0 Å². The maximum absolute atomic E-state index is 12.1. The monoisotopic (exact) mass is 325 g/mol. The van der Waals surface area contributed by atoms with Gasteiger partial charge in [0.1, 0.15) is 5.75 Å². The summed E-state index contributed by atoms with van der Waals surface area (Å²) in [7, 11) is -3.44. The third-order valence-corrected chi connectivity index (χ3v) is 4.92. The lowest BCUT2D eigenvalue weighted by Gasteiger charge is -2.15. The van der Waals surface area contributed by atoms with Crippen molar-refractivity contribution in [1.29, 1.82) is 0 Å². The average Bonchev–Trinajstić information content (AvgIpc) is 2.38. The summed E-state index contributed by atoms with van der Waals surface area (Å²) >= 11 is 0. The Hall–Kier alpha value is -1.36. The fourth-order valence-electron chi connectivity index (χ4n) is 2.16. The molecule has 0 saturated heterocycles. The highest BCUT2D eigenvalue weighted by Gasteiger charge is 2.18. The summed E-state index contributed by atoms with van der Waals surface area (Å²) in [5.41, 5.74) is 1.80. The van der Waals surface area contributed by atoms with E-state index in [1.165, 1.54) is 0 Å². The smallest absolute Gasteiger partial charge is 0.235 e. The second-order valence-corrected chi connectivity index (χ2v) is 8.52. The maximum atomic E-state index is 12.1. The molecule has 0 heterocycles. The van der Waals surface area contributed by atoms with Crippen molar-refractivity contribution >= 4 is 15.7 Å². The largest absolute Gasteiger partial charge is 0.353 e. The van der Waals surface area contributed by atoms with Gasteiger partial charge in [0.2, 0.25) is 5.91 Å². The summed E-state index contributed by atoms with van der Waals surface area (Å²) in [6.07, 6.45) is 1.87. The number of amides is 1. The Labute approximate surface area is 134 Å². The maximum Gasteiger partial charge on any atom is 0.235 e. The molecule has 124 valence electrons. The minimum Gasteiger partial charge on any atom is -0.353 e. The molecule has 1 rings (SSSR count). The first-order valence-corrected chi connectivity index (χ1v) is 9.55. The first-order valence-electron chi connectivity index (χ1n) is 7.73. The highest BCUT2D eigenvalue weighted by atomic mass is 32.2. The quantitative estimate of drug-likeness (QED) is 0.799. The number of rotatable bonds is 8. The van der Waals surface area contributed by atoms with Crippen molar-refractivity contribution in [2.24, 2.45) is 5.92 Å². The molecule has 0 unspecified atom stereocenters. The summed E-state index contributed by atoms with van der Waals surface area (Å²) < 4.78 is 24.2. The van der Waals surface area contributed by atoms with Crippen LogP contribution in [-0.4, -0.2) is 26.1 Å². The first-order chi connectivity index (χ1) is 10.2. The summed E-state index contributed by atoms with van der Waals surface area (Å²) in [5, 5.41) is 2.77. The number of hydrogen-bond donors (Lipinski definition) is 1. The fourth-order valence-corrected chi connectivity index (χ4v) is 3.45. The number of benzene rings is 1. The van der Waals surface area contributed by atoms with Crippen LogP contribution in [0.15, 0.2) is 24.3 Å². The van der Waals surface area contributed by atoms with Gasteiger partial charge in [0.15, 0.2) is 9.84 Å². The number of hydrogen-bond acceptors (Lipinski definition) is 3. The minimum atomic E-state index is -3.44. The molecule has 0 radical (unpaired) electrons. The van der Waals surface area contributed by atoms with Crippen molar-refractivity contribution in [3.63, 3.8) is 0 Å². The van der Waals surface area contributed by atoms with Gasteiger partial charge in [0.05, 0.1) is 5.75 Å². The molecule has 1 atom stereocenters. The predicted octanol–water partition coefficient (Wildman–Crippen LogP) is 2.85. The third kappa shape index (κ3) is 7.59. The van der Waals surface area contributed by atoms with Gasteiger partial charge in [-0.05, 0) is 38.2 Å². The summed E-state index contributed by atoms with van der Waals surface area (Å²) in [6, 6.07) is 7.33. The summed E-state index contributed by atoms with van der Waals surface area (Å²) in [4.78, 5) is 11.9. The standard InChI is InChI=1S/C17H27NO3S/c1-13(2)5-8-15(4)18-17(19)12-22(20,21)11-16-9-6-14(3)7-10-16/h6-7,9-10,13,15H,5,8,11-12H2,1-4H3,(H,18,19)/t15-/m1/s1. The second kappa shape index (κ2) is 8.32. The molecular formula is C17H27NO3S. The molecule has 4 nitrogen and oxygen atoms in total. The normalized spacial score (nSPS) is 13.1. The van der Waals surface area contributed by atoms with E-state index in [1.807, 2.05) is 26.0 Å². The number of sulfone groups is 1. The zero-order chi connectivity index (χ0) is 16.8. The van der Waals surface area contributed by atoms with Gasteiger partial charge in [-0.25, -0.2) is 8.42 Å². The van der Waals surface area contributed by atoms with Gasteiger partial charge in [-0.3, -0.25) is 4.79 Å². The average molecular weight is 325 g/mol. The predicted molar refractivity (Wildman–Crippen MR) is 90.3 cm³/mol. The molecule has 0 aliphatic heterocycles. The van der Waals surface area contributed by atoms with E-state index in [0.29, 0.717) is 11.5 Å². The zero-order valence-electron chi connectivity index (χ0n) is 13.9. The molecule has 1 aromatic carbocycles. The van der Waals surface area contributed by atoms with Crippen molar-refractivity contribution in [3.8, 4) is 0 Å². The molecule has 22 heavy (non-hydrogen) atoms. The molecule has 0 aliphatic rings. The Balaban J connectivity index is 2.49. The van der Waals surface area contributed by atoms with Gasteiger partial charge in [-0.2, -0.15) is 0 Å². The first kappa shape index (κ1) is 18.7. The number of nitrogens with one attached hydrogen (secondary N) is 1. The van der Waals surface area contributed by atoms with Crippen LogP contribution in [0.5, 0.6) is 0 Å². The van der Waals surface area contributed by atoms with E-state index < -0.39 is 21.5 Å². The second-order valence-electron chi connectivity index (χ2n) is 6.46. The summed E-state index contributed by atoms with van der Waals surface area (Å²) in [6.45, 7) is 8.11. The van der Waals surface area contributed by atoms with Crippen molar-refractivity contribution in [1.82, 2.24) is 5.32 Å². The molecule has 1 amide bonds. The molecule has 1 aromatic rings. The SMILES string of the molecule is Cc1ccc(CS(=O)(=O)CC(=O)N[C@H](C)CCC(C)C)cc1. The van der Waals surface area contributed by atoms with E-state index in [9.17, 15) is 13.2 Å². The van der Waals surface area contributed by atoms with Gasteiger partial charge in [0, 0.05) is 6.04 Å². The lowest BCUT2D eigenvalue weighted by atomic mass is 10.0. The summed E-state index contributed by atoms with van der Waals surface area (Å²) in [5.74, 6) is -0.387. The van der Waals surface area contributed by atoms with Crippen LogP contribution in [0.1, 0.15) is 44.7 Å². The minimum absolute atomic E-state index is 0.00414. The Bertz CT molecular complexity index is 576. The van der Waals surface area contributed by atoms with Crippen molar-refractivity contribution in [2.75, 3.05) is 5.75 Å². The zero-order valence-corrected chi connectivity index (χ0v) is 14.7. The number of carbonyl (C=O) groups excluding carboxylic acids is 1. The molecule has 0 bridgehead atoms. The molecule has 1 N–H and O–H groups in total. The van der Waals surface area contributed by atoms with Crippen molar-refractivity contribution < 1.29 is 13.2 Å². The van der Waals surface area contributed by atoms with E-state index >= 15 is 0 Å². The fraction of sp³-hybridized carbons (Fsp3) is 0.588. The van der Waals surface area contributed by atoms with Crippen molar-refractivity contribution in [2.45, 2.75) is 52.3 Å². The molecule has 0 aliphatic carbocycles. The molecule has 0 aromatic heterocycles. The Kier molecular flexibility index (Phi) is 7.07. The molecular weight excluding hydrogens is 298 g/mol. The highest BCUT2D eigenvalue weighted by Crippen LogP contribution is 2.09. The molecule has 0 saturated carbocycles. The lowest BCUT2D eigenvalue weighted by Crippen LogP contribution is -2.37. The van der Waals surface area contributed by atoms with Gasteiger partial charge in [-0.1, -0.05) is 43.7 Å². The molecule has 0 spiro atoms. The van der Waals surface area contributed by atoms with Gasteiger partial charge in [0.25, 0.3) is 0 Å². The Morgan fingerprint density at radius 1 is 1.09 bits per heavy atom. The van der Waals surface area contributed by atoms with E-state index in [0.717, 1.165) is 18.4 Å². The molecule has 5 heteroatoms. The lowest BCUT2D eigenvalue weighted by molar-refractivity contribution is -0.119. The Morgan fingerprint density at radius 3 is 2.23 bits per heavy atom. The van der Waals surface area contributed by atoms with E-state index in [2.05, 4.69) is 19.2 Å². The van der Waals surface area contributed by atoms with Crippen LogP contribution < -0.4 is 5.32 Å². The van der Waals surface area contributed by atoms with Crippen LogP contribution in [0.4, 0.5) is 0 Å². The number of aryl methyl sites for hydroxylation is 1. The highest BCUT2D eigenvalue weighted by molar-refractivity contribution is 7.91. The topological polar surface area (TPSA) is 63.2 Å². The van der Waals surface area contributed by atoms with Crippen LogP contribution in [0.25, 0.3) is 0 Å². The van der Waals surface area contributed by atoms with E-state index in [4.69, 9.17) is 0 Å². The van der Waals surface area contributed by atoms with E-state index in [-0.39, 0.29) is 11.8 Å². The van der Waals surface area contributed by atoms with Crippen LogP contribution in [0, 0.1) is 12.8 Å². The third-order valence-electron chi connectivity index (χ3n) is 3.44. The van der Waals surface area contributed by atoms with Crippen molar-refractivity contribution in [3.05, 3.63) is 35.4 Å². The van der Waals surface area contributed by atoms with Gasteiger partial charge < -0.3 is 5.32 Å². The van der Waals surface area contributed by atoms with Gasteiger partial charge >= 0.3 is 0 Å². The Morgan fingerprint density at radius 2 is 1.68 bits per heavy atom. The van der Waals surface area contributed by atoms with Crippen LogP contribution in [-0.2, 0) is 20.4 Å². The van der Waals surface area contributed by atoms with Crippen LogP contribution in [0.3, 0.4) is 0 Å².